The van der Waals surface area contributed by atoms with Crippen LogP contribution in [0.1, 0.15) is 54.6 Å². The molecule has 0 aromatic heterocycles. The van der Waals surface area contributed by atoms with Crippen LogP contribution in [0.3, 0.4) is 0 Å². The van der Waals surface area contributed by atoms with E-state index in [0.29, 0.717) is 11.3 Å². The molecule has 200 valence electrons. The number of aryl methyl sites for hydroxylation is 4. The maximum absolute atomic E-state index is 13.8. The molecule has 8 nitrogen and oxygen atoms in total. The lowest BCUT2D eigenvalue weighted by molar-refractivity contribution is -0.140. The van der Waals surface area contributed by atoms with Gasteiger partial charge in [-0.05, 0) is 76.3 Å². The number of nitrogens with one attached hydrogen (secondary N) is 2. The predicted molar refractivity (Wildman–Crippen MR) is 145 cm³/mol. The third-order valence-electron chi connectivity index (χ3n) is 5.92. The molecule has 2 unspecified atom stereocenters. The van der Waals surface area contributed by atoms with E-state index in [1.54, 1.807) is 26.8 Å². The van der Waals surface area contributed by atoms with Crippen molar-refractivity contribution >= 4 is 23.6 Å². The molecule has 3 amide bonds. The normalized spacial score (nSPS) is 12.8. The van der Waals surface area contributed by atoms with Crippen molar-refractivity contribution in [3.05, 3.63) is 76.9 Å². The van der Waals surface area contributed by atoms with E-state index < -0.39 is 42.2 Å². The highest BCUT2D eigenvalue weighted by molar-refractivity contribution is 6.00. The van der Waals surface area contributed by atoms with Gasteiger partial charge in [0.05, 0.1) is 6.61 Å². The molecule has 0 saturated carbocycles. The molecule has 0 spiro atoms. The molecule has 2 rings (SSSR count). The third kappa shape index (κ3) is 7.92. The molecule has 0 radical (unpaired) electrons. The fourth-order valence-corrected chi connectivity index (χ4v) is 3.91. The SMILES string of the molecule is C=CCN(C(=O)C(CO)NC(=O)OC(C)(C)C)C(C(=O)Nc1c(C)cccc1C)c1ccc(C)c(C)c1. The van der Waals surface area contributed by atoms with Crippen molar-refractivity contribution in [2.75, 3.05) is 18.5 Å². The maximum atomic E-state index is 13.8. The van der Waals surface area contributed by atoms with E-state index in [1.165, 1.54) is 11.0 Å². The van der Waals surface area contributed by atoms with Gasteiger partial charge in [0.2, 0.25) is 5.91 Å². The third-order valence-corrected chi connectivity index (χ3v) is 5.92. The van der Waals surface area contributed by atoms with Crippen molar-refractivity contribution in [3.63, 3.8) is 0 Å². The number of rotatable bonds is 9. The highest BCUT2D eigenvalue weighted by atomic mass is 16.6. The average Bonchev–Trinajstić information content (AvgIpc) is 2.80. The number of hydrogen-bond donors (Lipinski definition) is 3. The second-order valence-corrected chi connectivity index (χ2v) is 10.2. The van der Waals surface area contributed by atoms with Crippen LogP contribution in [0.4, 0.5) is 10.5 Å². The molecule has 0 aliphatic rings. The first-order chi connectivity index (χ1) is 17.3. The smallest absolute Gasteiger partial charge is 0.408 e. The summed E-state index contributed by atoms with van der Waals surface area (Å²) in [6.45, 7) is 15.9. The molecule has 37 heavy (non-hydrogen) atoms. The Kier molecular flexibility index (Phi) is 10.0. The molecule has 0 aliphatic carbocycles. The van der Waals surface area contributed by atoms with Crippen molar-refractivity contribution in [3.8, 4) is 0 Å². The van der Waals surface area contributed by atoms with Crippen LogP contribution in [-0.2, 0) is 14.3 Å². The molecule has 2 aromatic carbocycles. The topological polar surface area (TPSA) is 108 Å². The van der Waals surface area contributed by atoms with Gasteiger partial charge in [-0.25, -0.2) is 4.79 Å². The molecule has 8 heteroatoms. The Morgan fingerprint density at radius 1 is 1.03 bits per heavy atom. The largest absolute Gasteiger partial charge is 0.444 e. The minimum atomic E-state index is -1.32. The zero-order chi connectivity index (χ0) is 27.9. The Bertz CT molecular complexity index is 1130. The Labute approximate surface area is 219 Å². The molecule has 0 bridgehead atoms. The summed E-state index contributed by atoms with van der Waals surface area (Å²) < 4.78 is 5.26. The first-order valence-electron chi connectivity index (χ1n) is 12.2. The summed E-state index contributed by atoms with van der Waals surface area (Å²) in [5.41, 5.74) is 4.23. The van der Waals surface area contributed by atoms with E-state index in [-0.39, 0.29) is 6.54 Å². The molecule has 0 heterocycles. The van der Waals surface area contributed by atoms with Crippen molar-refractivity contribution in [2.45, 2.75) is 66.2 Å². The van der Waals surface area contributed by atoms with Crippen LogP contribution >= 0.6 is 0 Å². The van der Waals surface area contributed by atoms with Crippen LogP contribution in [0.25, 0.3) is 0 Å². The van der Waals surface area contributed by atoms with Gasteiger partial charge >= 0.3 is 6.09 Å². The van der Waals surface area contributed by atoms with Gasteiger partial charge < -0.3 is 25.4 Å². The highest BCUT2D eigenvalue weighted by Crippen LogP contribution is 2.28. The lowest BCUT2D eigenvalue weighted by Gasteiger charge is -2.33. The number of carbonyl (C=O) groups is 3. The number of alkyl carbamates (subject to hydrolysis) is 1. The summed E-state index contributed by atoms with van der Waals surface area (Å²) in [4.78, 5) is 41.2. The lowest BCUT2D eigenvalue weighted by atomic mass is 9.98. The van der Waals surface area contributed by atoms with Gasteiger partial charge in [0.15, 0.2) is 0 Å². The van der Waals surface area contributed by atoms with E-state index in [1.807, 2.05) is 58.0 Å². The number of aliphatic hydroxyl groups excluding tert-OH is 1. The summed E-state index contributed by atoms with van der Waals surface area (Å²) in [6.07, 6.45) is 0.654. The van der Waals surface area contributed by atoms with Crippen LogP contribution < -0.4 is 10.6 Å². The number of benzene rings is 2. The van der Waals surface area contributed by atoms with Crippen LogP contribution in [0.5, 0.6) is 0 Å². The summed E-state index contributed by atoms with van der Waals surface area (Å²) in [7, 11) is 0. The monoisotopic (exact) mass is 509 g/mol. The molecule has 2 aromatic rings. The number of amides is 3. The molecular weight excluding hydrogens is 470 g/mol. The van der Waals surface area contributed by atoms with Crippen molar-refractivity contribution in [2.24, 2.45) is 0 Å². The molecule has 0 saturated heterocycles. The Morgan fingerprint density at radius 2 is 1.65 bits per heavy atom. The summed E-state index contributed by atoms with van der Waals surface area (Å²) in [5.74, 6) is -1.07. The van der Waals surface area contributed by atoms with E-state index in [4.69, 9.17) is 4.74 Å². The van der Waals surface area contributed by atoms with Crippen molar-refractivity contribution < 1.29 is 24.2 Å². The Balaban J connectivity index is 2.53. The van der Waals surface area contributed by atoms with E-state index in [2.05, 4.69) is 17.2 Å². The summed E-state index contributed by atoms with van der Waals surface area (Å²) in [5, 5.41) is 15.4. The molecule has 0 aliphatic heterocycles. The number of carbonyl (C=O) groups excluding carboxylic acids is 3. The zero-order valence-electron chi connectivity index (χ0n) is 22.8. The Hall–Kier alpha value is -3.65. The zero-order valence-corrected chi connectivity index (χ0v) is 22.8. The first-order valence-corrected chi connectivity index (χ1v) is 12.2. The number of ether oxygens (including phenoxy) is 1. The van der Waals surface area contributed by atoms with Gasteiger partial charge in [0.25, 0.3) is 5.91 Å². The first kappa shape index (κ1) is 29.6. The number of hydrogen-bond acceptors (Lipinski definition) is 5. The van der Waals surface area contributed by atoms with E-state index in [9.17, 15) is 19.5 Å². The van der Waals surface area contributed by atoms with Gasteiger partial charge in [0.1, 0.15) is 17.7 Å². The van der Waals surface area contributed by atoms with Gasteiger partial charge in [-0.15, -0.1) is 6.58 Å². The average molecular weight is 510 g/mol. The van der Waals surface area contributed by atoms with Crippen LogP contribution in [-0.4, -0.2) is 52.7 Å². The van der Waals surface area contributed by atoms with Crippen molar-refractivity contribution in [1.82, 2.24) is 10.2 Å². The Morgan fingerprint density at radius 3 is 2.16 bits per heavy atom. The van der Waals surface area contributed by atoms with Crippen molar-refractivity contribution in [1.29, 1.82) is 0 Å². The quantitative estimate of drug-likeness (QED) is 0.432. The van der Waals surface area contributed by atoms with Crippen LogP contribution in [0.15, 0.2) is 49.1 Å². The maximum Gasteiger partial charge on any atom is 0.408 e. The number of para-hydroxylation sites is 1. The van der Waals surface area contributed by atoms with Gasteiger partial charge in [-0.2, -0.15) is 0 Å². The highest BCUT2D eigenvalue weighted by Gasteiger charge is 2.36. The summed E-state index contributed by atoms with van der Waals surface area (Å²) in [6, 6.07) is 8.87. The number of aliphatic hydroxyl groups is 1. The lowest BCUT2D eigenvalue weighted by Crippen LogP contribution is -2.54. The second kappa shape index (κ2) is 12.5. The standard InChI is InChI=1S/C29H39N3O5/c1-9-15-32(27(35)23(17-33)30-28(36)37-29(6,7)8)25(22-14-13-18(2)21(5)16-22)26(34)31-24-19(3)11-10-12-20(24)4/h9-14,16,23,25,33H,1,15,17H2,2-8H3,(H,30,36)(H,31,34). The molecule has 3 N–H and O–H groups in total. The van der Waals surface area contributed by atoms with Gasteiger partial charge in [0, 0.05) is 12.2 Å². The molecule has 2 atom stereocenters. The number of anilines is 1. The molecular formula is C29H39N3O5. The van der Waals surface area contributed by atoms with E-state index >= 15 is 0 Å². The van der Waals surface area contributed by atoms with Crippen LogP contribution in [0, 0.1) is 27.7 Å². The predicted octanol–water partition coefficient (Wildman–Crippen LogP) is 4.50. The van der Waals surface area contributed by atoms with Gasteiger partial charge in [-0.3, -0.25) is 9.59 Å². The fourth-order valence-electron chi connectivity index (χ4n) is 3.91. The summed E-state index contributed by atoms with van der Waals surface area (Å²) >= 11 is 0. The minimum absolute atomic E-state index is 0.00307. The second-order valence-electron chi connectivity index (χ2n) is 10.2. The fraction of sp³-hybridized carbons (Fsp3) is 0.414. The minimum Gasteiger partial charge on any atom is -0.444 e. The van der Waals surface area contributed by atoms with E-state index in [0.717, 1.165) is 22.3 Å². The number of nitrogens with zero attached hydrogens (tertiary/aromatic N) is 1. The molecule has 0 fully saturated rings. The van der Waals surface area contributed by atoms with Gasteiger partial charge in [-0.1, -0.05) is 42.5 Å². The van der Waals surface area contributed by atoms with Crippen LogP contribution in [0.2, 0.25) is 0 Å².